The van der Waals surface area contributed by atoms with E-state index < -0.39 is 5.91 Å². The van der Waals surface area contributed by atoms with Gasteiger partial charge in [0.25, 0.3) is 5.91 Å². The Balaban J connectivity index is 2.15. The lowest BCUT2D eigenvalue weighted by atomic mass is 10.1. The Hall–Kier alpha value is -2.78. The minimum absolute atomic E-state index is 0.0398. The van der Waals surface area contributed by atoms with Crippen LogP contribution in [0.4, 0.5) is 5.69 Å². The van der Waals surface area contributed by atoms with E-state index in [0.717, 1.165) is 23.7 Å². The molecule has 0 fully saturated rings. The number of phenols is 1. The molecule has 0 atom stereocenters. The molecule has 28 heavy (non-hydrogen) atoms. The first kappa shape index (κ1) is 21.5. The second kappa shape index (κ2) is 11.2. The number of halogens is 1. The Kier molecular flexibility index (Phi) is 8.57. The Labute approximate surface area is 173 Å². The summed E-state index contributed by atoms with van der Waals surface area (Å²) in [4.78, 5) is 12.4. The van der Waals surface area contributed by atoms with Gasteiger partial charge in [0.2, 0.25) is 0 Å². The highest BCUT2D eigenvalue weighted by atomic mass is 79.9. The standard InChI is InChI=1S/C22H23BrN2O3/c1-2-3-4-5-12-28-21-11-6-18(23)14-16(21)13-17(15-24)22(27)25-19-7-9-20(26)10-8-19/h6-11,13-14,26H,2-5,12H2,1H3,(H,25,27)/b17-13+. The number of hydrogen-bond donors (Lipinski definition) is 2. The number of carbonyl (C=O) groups is 1. The van der Waals surface area contributed by atoms with Crippen LogP contribution in [0.2, 0.25) is 0 Å². The Morgan fingerprint density at radius 2 is 1.96 bits per heavy atom. The van der Waals surface area contributed by atoms with Gasteiger partial charge in [0.1, 0.15) is 23.1 Å². The zero-order valence-corrected chi connectivity index (χ0v) is 17.3. The van der Waals surface area contributed by atoms with E-state index >= 15 is 0 Å². The number of amides is 1. The van der Waals surface area contributed by atoms with Gasteiger partial charge < -0.3 is 15.2 Å². The van der Waals surface area contributed by atoms with Crippen molar-refractivity contribution in [1.29, 1.82) is 5.26 Å². The maximum atomic E-state index is 12.4. The summed E-state index contributed by atoms with van der Waals surface area (Å²) in [5.41, 5.74) is 1.11. The lowest BCUT2D eigenvalue weighted by Gasteiger charge is -2.10. The maximum absolute atomic E-state index is 12.4. The van der Waals surface area contributed by atoms with Crippen molar-refractivity contribution in [2.24, 2.45) is 0 Å². The molecule has 5 nitrogen and oxygen atoms in total. The zero-order chi connectivity index (χ0) is 20.4. The van der Waals surface area contributed by atoms with Crippen molar-refractivity contribution in [2.75, 3.05) is 11.9 Å². The molecule has 0 radical (unpaired) electrons. The lowest BCUT2D eigenvalue weighted by Crippen LogP contribution is -2.13. The second-order valence-electron chi connectivity index (χ2n) is 6.26. The van der Waals surface area contributed by atoms with Crippen LogP contribution in [0.25, 0.3) is 6.08 Å². The van der Waals surface area contributed by atoms with E-state index in [1.165, 1.54) is 24.6 Å². The van der Waals surface area contributed by atoms with Crippen LogP contribution in [0, 0.1) is 11.3 Å². The number of phenolic OH excluding ortho intramolecular Hbond substituents is 1. The molecule has 0 unspecified atom stereocenters. The largest absolute Gasteiger partial charge is 0.508 e. The van der Waals surface area contributed by atoms with E-state index in [1.54, 1.807) is 12.1 Å². The molecule has 6 heteroatoms. The van der Waals surface area contributed by atoms with Gasteiger partial charge in [0, 0.05) is 15.7 Å². The number of rotatable bonds is 9. The number of benzene rings is 2. The van der Waals surface area contributed by atoms with Crippen molar-refractivity contribution < 1.29 is 14.6 Å². The van der Waals surface area contributed by atoms with E-state index in [9.17, 15) is 15.2 Å². The summed E-state index contributed by atoms with van der Waals surface area (Å²) in [5.74, 6) is 0.204. The molecule has 0 heterocycles. The van der Waals surface area contributed by atoms with Crippen molar-refractivity contribution in [2.45, 2.75) is 32.6 Å². The minimum Gasteiger partial charge on any atom is -0.508 e. The molecule has 2 N–H and O–H groups in total. The predicted octanol–water partition coefficient (Wildman–Crippen LogP) is 5.66. The van der Waals surface area contributed by atoms with Crippen molar-refractivity contribution >= 4 is 33.6 Å². The normalized spacial score (nSPS) is 11.0. The van der Waals surface area contributed by atoms with E-state index in [0.29, 0.717) is 23.6 Å². The highest BCUT2D eigenvalue weighted by Crippen LogP contribution is 2.26. The molecule has 0 spiro atoms. The number of carbonyl (C=O) groups excluding carboxylic acids is 1. The summed E-state index contributed by atoms with van der Waals surface area (Å²) in [7, 11) is 0. The highest BCUT2D eigenvalue weighted by molar-refractivity contribution is 9.10. The van der Waals surface area contributed by atoms with E-state index in [-0.39, 0.29) is 11.3 Å². The summed E-state index contributed by atoms with van der Waals surface area (Å²) in [5, 5.41) is 21.4. The smallest absolute Gasteiger partial charge is 0.266 e. The van der Waals surface area contributed by atoms with Gasteiger partial charge in [-0.1, -0.05) is 42.1 Å². The van der Waals surface area contributed by atoms with Crippen LogP contribution in [-0.2, 0) is 4.79 Å². The van der Waals surface area contributed by atoms with Crippen LogP contribution in [0.1, 0.15) is 38.2 Å². The van der Waals surface area contributed by atoms with Gasteiger partial charge >= 0.3 is 0 Å². The summed E-state index contributed by atoms with van der Waals surface area (Å²) >= 11 is 3.42. The first-order valence-corrected chi connectivity index (χ1v) is 9.97. The van der Waals surface area contributed by atoms with Gasteiger partial charge in [-0.05, 0) is 55.0 Å². The number of anilines is 1. The number of unbranched alkanes of at least 4 members (excludes halogenated alkanes) is 3. The van der Waals surface area contributed by atoms with Crippen molar-refractivity contribution in [3.63, 3.8) is 0 Å². The van der Waals surface area contributed by atoms with Gasteiger partial charge in [-0.25, -0.2) is 0 Å². The Morgan fingerprint density at radius 1 is 1.21 bits per heavy atom. The molecule has 0 bridgehead atoms. The molecule has 0 aromatic heterocycles. The second-order valence-corrected chi connectivity index (χ2v) is 7.18. The third-order valence-electron chi connectivity index (χ3n) is 4.02. The molecule has 1 amide bonds. The summed E-state index contributed by atoms with van der Waals surface area (Å²) in [6, 6.07) is 13.5. The van der Waals surface area contributed by atoms with Gasteiger partial charge in [-0.15, -0.1) is 0 Å². The number of nitrogens with one attached hydrogen (secondary N) is 1. The van der Waals surface area contributed by atoms with Gasteiger partial charge in [-0.3, -0.25) is 4.79 Å². The topological polar surface area (TPSA) is 82.3 Å². The number of nitriles is 1. The van der Waals surface area contributed by atoms with Crippen LogP contribution in [0.15, 0.2) is 52.5 Å². The van der Waals surface area contributed by atoms with Crippen LogP contribution in [0.3, 0.4) is 0 Å². The Bertz CT molecular complexity index is 870. The molecule has 0 aliphatic carbocycles. The van der Waals surface area contributed by atoms with E-state index in [1.807, 2.05) is 24.3 Å². The Morgan fingerprint density at radius 3 is 2.64 bits per heavy atom. The molecule has 0 aliphatic rings. The molecule has 2 aromatic rings. The first-order valence-electron chi connectivity index (χ1n) is 9.18. The molecule has 2 aromatic carbocycles. The van der Waals surface area contributed by atoms with E-state index in [2.05, 4.69) is 28.2 Å². The van der Waals surface area contributed by atoms with E-state index in [4.69, 9.17) is 4.74 Å². The third-order valence-corrected chi connectivity index (χ3v) is 4.51. The summed E-state index contributed by atoms with van der Waals surface area (Å²) in [6.45, 7) is 2.75. The molecular formula is C22H23BrN2O3. The zero-order valence-electron chi connectivity index (χ0n) is 15.7. The minimum atomic E-state index is -0.526. The average Bonchev–Trinajstić information content (AvgIpc) is 2.69. The van der Waals surface area contributed by atoms with Crippen LogP contribution >= 0.6 is 15.9 Å². The van der Waals surface area contributed by atoms with Crippen molar-refractivity contribution in [3.8, 4) is 17.6 Å². The molecule has 2 rings (SSSR count). The van der Waals surface area contributed by atoms with Gasteiger partial charge in [-0.2, -0.15) is 5.26 Å². The highest BCUT2D eigenvalue weighted by Gasteiger charge is 2.12. The SMILES string of the molecule is CCCCCCOc1ccc(Br)cc1/C=C(\C#N)C(=O)Nc1ccc(O)cc1. The monoisotopic (exact) mass is 442 g/mol. The summed E-state index contributed by atoms with van der Waals surface area (Å²) in [6.07, 6.45) is 5.92. The van der Waals surface area contributed by atoms with Crippen LogP contribution in [-0.4, -0.2) is 17.6 Å². The van der Waals surface area contributed by atoms with Crippen molar-refractivity contribution in [3.05, 3.63) is 58.1 Å². The fraction of sp³-hybridized carbons (Fsp3) is 0.273. The van der Waals surface area contributed by atoms with Gasteiger partial charge in [0.15, 0.2) is 0 Å². The number of ether oxygens (including phenoxy) is 1. The van der Waals surface area contributed by atoms with Crippen LogP contribution in [0.5, 0.6) is 11.5 Å². The van der Waals surface area contributed by atoms with Crippen molar-refractivity contribution in [1.82, 2.24) is 0 Å². The predicted molar refractivity (Wildman–Crippen MR) is 114 cm³/mol. The fourth-order valence-corrected chi connectivity index (χ4v) is 2.90. The number of aromatic hydroxyl groups is 1. The fourth-order valence-electron chi connectivity index (χ4n) is 2.52. The molecule has 0 aliphatic heterocycles. The first-order chi connectivity index (χ1) is 13.5. The third kappa shape index (κ3) is 6.75. The number of hydrogen-bond acceptors (Lipinski definition) is 4. The maximum Gasteiger partial charge on any atom is 0.266 e. The molecular weight excluding hydrogens is 420 g/mol. The average molecular weight is 443 g/mol. The van der Waals surface area contributed by atoms with Crippen LogP contribution < -0.4 is 10.1 Å². The van der Waals surface area contributed by atoms with Gasteiger partial charge in [0.05, 0.1) is 6.61 Å². The quantitative estimate of drug-likeness (QED) is 0.227. The molecule has 0 saturated carbocycles. The number of nitrogens with zero attached hydrogens (tertiary/aromatic N) is 1. The lowest BCUT2D eigenvalue weighted by molar-refractivity contribution is -0.112. The summed E-state index contributed by atoms with van der Waals surface area (Å²) < 4.78 is 6.69. The molecule has 0 saturated heterocycles. The molecule has 146 valence electrons.